The zero-order chi connectivity index (χ0) is 29.8. The summed E-state index contributed by atoms with van der Waals surface area (Å²) in [6, 6.07) is 4.98. The number of rotatable bonds is 13. The second-order valence-electron chi connectivity index (χ2n) is 11.6. The van der Waals surface area contributed by atoms with Crippen LogP contribution in [0.2, 0.25) is 5.02 Å². The van der Waals surface area contributed by atoms with Crippen molar-refractivity contribution in [2.45, 2.75) is 87.6 Å². The van der Waals surface area contributed by atoms with Gasteiger partial charge < -0.3 is 30.6 Å². The van der Waals surface area contributed by atoms with Gasteiger partial charge in [0.25, 0.3) is 5.03 Å². The average molecular weight is 615 g/mol. The van der Waals surface area contributed by atoms with E-state index < -0.39 is 11.2 Å². The lowest BCUT2D eigenvalue weighted by atomic mass is 9.80. The molecule has 2 aliphatic rings. The molecule has 2 aliphatic carbocycles. The van der Waals surface area contributed by atoms with Crippen molar-refractivity contribution in [3.8, 4) is 5.75 Å². The number of aromatic nitrogens is 4. The molecule has 0 aliphatic heterocycles. The van der Waals surface area contributed by atoms with Crippen molar-refractivity contribution < 1.29 is 9.29 Å². The lowest BCUT2D eigenvalue weighted by molar-refractivity contribution is 0.303. The van der Waals surface area contributed by atoms with Gasteiger partial charge in [0, 0.05) is 37.4 Å². The summed E-state index contributed by atoms with van der Waals surface area (Å²) in [4.78, 5) is 9.11. The Morgan fingerprint density at radius 1 is 1.10 bits per heavy atom. The van der Waals surface area contributed by atoms with E-state index >= 15 is 0 Å². The van der Waals surface area contributed by atoms with Gasteiger partial charge in [0.15, 0.2) is 5.82 Å². The number of nitrogens with one attached hydrogen (secondary N) is 4. The molecule has 42 heavy (non-hydrogen) atoms. The minimum Gasteiger partial charge on any atom is -0.610 e. The Hall–Kier alpha value is -2.57. The third-order valence-corrected chi connectivity index (χ3v) is 9.63. The van der Waals surface area contributed by atoms with Crippen LogP contribution in [0.3, 0.4) is 0 Å². The number of ether oxygens (including phenoxy) is 1. The quantitative estimate of drug-likeness (QED) is 0.145. The van der Waals surface area contributed by atoms with Crippen LogP contribution in [0, 0.1) is 6.92 Å². The van der Waals surface area contributed by atoms with Crippen LogP contribution in [0.25, 0.3) is 0 Å². The molecule has 12 heteroatoms. The predicted octanol–water partition coefficient (Wildman–Crippen LogP) is 5.55. The number of hydrogen-bond acceptors (Lipinski definition) is 9. The molecule has 0 bridgehead atoms. The van der Waals surface area contributed by atoms with E-state index in [0.717, 1.165) is 37.4 Å². The second-order valence-corrected chi connectivity index (χ2v) is 14.0. The summed E-state index contributed by atoms with van der Waals surface area (Å²) in [6.45, 7) is 7.98. The molecular formula is C30H43ClN8O2S. The predicted molar refractivity (Wildman–Crippen MR) is 170 cm³/mol. The molecule has 0 saturated heterocycles. The fraction of sp³-hybridized carbons (Fsp3) is 0.567. The van der Waals surface area contributed by atoms with Gasteiger partial charge >= 0.3 is 0 Å². The zero-order valence-corrected chi connectivity index (χ0v) is 26.7. The first-order valence-corrected chi connectivity index (χ1v) is 16.5. The summed E-state index contributed by atoms with van der Waals surface area (Å²) in [5.74, 6) is 2.15. The molecule has 0 radical (unpaired) electrons. The summed E-state index contributed by atoms with van der Waals surface area (Å²) in [7, 11) is 3.79. The molecule has 2 saturated carbocycles. The van der Waals surface area contributed by atoms with Crippen LogP contribution >= 0.6 is 11.6 Å². The monoisotopic (exact) mass is 614 g/mol. The summed E-state index contributed by atoms with van der Waals surface area (Å²) in [6.07, 6.45) is 10.4. The molecular weight excluding hydrogens is 572 g/mol. The van der Waals surface area contributed by atoms with E-state index in [9.17, 15) is 4.55 Å². The van der Waals surface area contributed by atoms with Crippen molar-refractivity contribution in [2.75, 3.05) is 30.8 Å². The number of halogens is 1. The number of benzene rings is 1. The van der Waals surface area contributed by atoms with Gasteiger partial charge in [0.1, 0.15) is 21.7 Å². The van der Waals surface area contributed by atoms with Crippen LogP contribution in [0.4, 0.5) is 23.1 Å². The first kappa shape index (κ1) is 30.9. The lowest BCUT2D eigenvalue weighted by Gasteiger charge is -2.31. The van der Waals surface area contributed by atoms with Crippen LogP contribution in [0.1, 0.15) is 69.4 Å². The van der Waals surface area contributed by atoms with Crippen molar-refractivity contribution in [3.05, 3.63) is 40.7 Å². The van der Waals surface area contributed by atoms with Crippen molar-refractivity contribution in [3.63, 3.8) is 0 Å². The zero-order valence-electron chi connectivity index (χ0n) is 25.2. The molecule has 4 N–H and O–H groups in total. The first-order valence-electron chi connectivity index (χ1n) is 14.9. The van der Waals surface area contributed by atoms with E-state index in [1.807, 2.05) is 20.9 Å². The SMILES string of the molecule is CNCCN[C@H]1CC[C@@H](c2cc(OC3CC3)c(Nc3ncc(Cl)c(Nc4cn(C)nc4[S+]([O-])C(C)C)n3)cc2C)CC1. The van der Waals surface area contributed by atoms with Crippen molar-refractivity contribution >= 4 is 45.9 Å². The topological polar surface area (TPSA) is 124 Å². The summed E-state index contributed by atoms with van der Waals surface area (Å²) >= 11 is 5.21. The maximum Gasteiger partial charge on any atom is 0.286 e. The maximum atomic E-state index is 12.8. The molecule has 0 spiro atoms. The number of anilines is 4. The number of hydrogen-bond donors (Lipinski definition) is 4. The Morgan fingerprint density at radius 3 is 2.55 bits per heavy atom. The molecule has 10 nitrogen and oxygen atoms in total. The standard InChI is InChI=1S/C30H43ClN8O2S/c1-18(2)42(40)29-26(17-39(5)38-29)35-28-24(31)16-34-30(37-28)36-25-14-19(3)23(15-27(25)41-22-10-11-22)20-6-8-21(9-7-20)33-13-12-32-4/h14-18,20-22,32-33H,6-13H2,1-5H3,(H2,34,35,36,37)/t20-,21+,42?. The Kier molecular flexibility index (Phi) is 10.2. The van der Waals surface area contributed by atoms with Gasteiger partial charge in [-0.3, -0.25) is 4.68 Å². The number of likely N-dealkylation sites (N-methyl/N-ethyl adjacent to an activating group) is 1. The van der Waals surface area contributed by atoms with Crippen LogP contribution < -0.4 is 26.0 Å². The van der Waals surface area contributed by atoms with Gasteiger partial charge in [0.05, 0.1) is 24.2 Å². The van der Waals surface area contributed by atoms with Gasteiger partial charge in [-0.25, -0.2) is 4.98 Å². The third kappa shape index (κ3) is 7.68. The van der Waals surface area contributed by atoms with Crippen LogP contribution in [0.5, 0.6) is 5.75 Å². The second kappa shape index (κ2) is 13.8. The third-order valence-electron chi connectivity index (χ3n) is 7.82. The molecule has 2 heterocycles. The van der Waals surface area contributed by atoms with Crippen molar-refractivity contribution in [1.82, 2.24) is 30.4 Å². The van der Waals surface area contributed by atoms with E-state index in [1.165, 1.54) is 36.8 Å². The van der Waals surface area contributed by atoms with Gasteiger partial charge in [-0.05, 0) is 95.5 Å². The first-order chi connectivity index (χ1) is 20.2. The van der Waals surface area contributed by atoms with Crippen molar-refractivity contribution in [1.29, 1.82) is 0 Å². The fourth-order valence-corrected chi connectivity index (χ4v) is 6.52. The maximum absolute atomic E-state index is 12.8. The molecule has 228 valence electrons. The number of nitrogens with zero attached hydrogens (tertiary/aromatic N) is 4. The largest absolute Gasteiger partial charge is 0.610 e. The van der Waals surface area contributed by atoms with Gasteiger partial charge in [0.2, 0.25) is 5.95 Å². The Morgan fingerprint density at radius 2 is 1.86 bits per heavy atom. The fourth-order valence-electron chi connectivity index (χ4n) is 5.40. The lowest BCUT2D eigenvalue weighted by Crippen LogP contribution is -2.36. The van der Waals surface area contributed by atoms with E-state index in [0.29, 0.717) is 39.5 Å². The van der Waals surface area contributed by atoms with E-state index in [4.69, 9.17) is 16.3 Å². The number of aryl methyl sites for hydroxylation is 2. The summed E-state index contributed by atoms with van der Waals surface area (Å²) < 4.78 is 20.9. The summed E-state index contributed by atoms with van der Waals surface area (Å²) in [5, 5.41) is 18.6. The van der Waals surface area contributed by atoms with E-state index in [2.05, 4.69) is 55.4 Å². The highest BCUT2D eigenvalue weighted by Gasteiger charge is 2.29. The molecule has 0 amide bonds. The molecule has 2 aromatic heterocycles. The van der Waals surface area contributed by atoms with E-state index in [-0.39, 0.29) is 11.4 Å². The van der Waals surface area contributed by atoms with Crippen LogP contribution in [-0.2, 0) is 18.2 Å². The van der Waals surface area contributed by atoms with Gasteiger partial charge in [-0.2, -0.15) is 4.98 Å². The minimum absolute atomic E-state index is 0.0790. The van der Waals surface area contributed by atoms with Gasteiger partial charge in [-0.15, -0.1) is 5.10 Å². The smallest absolute Gasteiger partial charge is 0.286 e. The van der Waals surface area contributed by atoms with Gasteiger partial charge in [-0.1, -0.05) is 11.6 Å². The molecule has 3 aromatic rings. The van der Waals surface area contributed by atoms with E-state index in [1.54, 1.807) is 24.1 Å². The highest BCUT2D eigenvalue weighted by atomic mass is 35.5. The molecule has 1 unspecified atom stereocenters. The van der Waals surface area contributed by atoms with Crippen molar-refractivity contribution in [2.24, 2.45) is 7.05 Å². The highest BCUT2D eigenvalue weighted by molar-refractivity contribution is 7.92. The summed E-state index contributed by atoms with van der Waals surface area (Å²) in [5.41, 5.74) is 4.03. The molecule has 2 fully saturated rings. The minimum atomic E-state index is -1.28. The van der Waals surface area contributed by atoms with Crippen LogP contribution in [-0.4, -0.2) is 61.8 Å². The molecule has 1 atom stereocenters. The average Bonchev–Trinajstić information content (AvgIpc) is 3.71. The molecule has 5 rings (SSSR count). The normalized spacial score (nSPS) is 19.6. The Bertz CT molecular complexity index is 1360. The Labute approximate surface area is 256 Å². The molecule has 1 aromatic carbocycles. The highest BCUT2D eigenvalue weighted by Crippen LogP contribution is 2.41. The van der Waals surface area contributed by atoms with Crippen LogP contribution in [0.15, 0.2) is 29.6 Å². The Balaban J connectivity index is 1.34.